The molecule has 0 atom stereocenters. The molecule has 29 heavy (non-hydrogen) atoms. The predicted octanol–water partition coefficient (Wildman–Crippen LogP) is 4.87. The lowest BCUT2D eigenvalue weighted by Gasteiger charge is -2.09. The number of ether oxygens (including phenoxy) is 1. The van der Waals surface area contributed by atoms with Gasteiger partial charge in [0, 0.05) is 5.56 Å². The van der Waals surface area contributed by atoms with Crippen LogP contribution in [0.4, 0.5) is 13.2 Å². The van der Waals surface area contributed by atoms with Crippen molar-refractivity contribution in [1.82, 2.24) is 15.5 Å². The lowest BCUT2D eigenvalue weighted by atomic mass is 10.2. The van der Waals surface area contributed by atoms with E-state index < -0.39 is 18.0 Å². The molecule has 0 spiro atoms. The van der Waals surface area contributed by atoms with E-state index in [0.717, 1.165) is 0 Å². The third-order valence-electron chi connectivity index (χ3n) is 3.63. The Labute approximate surface area is 172 Å². The normalized spacial score (nSPS) is 11.3. The second-order valence-corrected chi connectivity index (χ2v) is 6.44. The van der Waals surface area contributed by atoms with Crippen molar-refractivity contribution in [2.45, 2.75) is 6.18 Å². The van der Waals surface area contributed by atoms with Gasteiger partial charge in [0.05, 0.1) is 22.2 Å². The zero-order valence-corrected chi connectivity index (χ0v) is 16.0. The lowest BCUT2D eigenvalue weighted by Crippen LogP contribution is -2.28. The molecular formula is C18H12Cl2F3N3O3. The third-order valence-corrected chi connectivity index (χ3v) is 4.45. The molecule has 0 aliphatic rings. The summed E-state index contributed by atoms with van der Waals surface area (Å²) in [7, 11) is 0. The number of amides is 1. The molecule has 1 heterocycles. The molecule has 1 N–H and O–H groups in total. The van der Waals surface area contributed by atoms with Gasteiger partial charge in [-0.05, 0) is 36.4 Å². The molecular weight excluding hydrogens is 434 g/mol. The van der Waals surface area contributed by atoms with Crippen molar-refractivity contribution in [3.8, 4) is 17.1 Å². The first kappa shape index (κ1) is 20.9. The van der Waals surface area contributed by atoms with Gasteiger partial charge in [-0.15, -0.1) is 0 Å². The zero-order chi connectivity index (χ0) is 21.0. The smallest absolute Gasteiger partial charge is 0.471 e. The molecule has 0 unspecified atom stereocenters. The van der Waals surface area contributed by atoms with Crippen molar-refractivity contribution >= 4 is 29.1 Å². The zero-order valence-electron chi connectivity index (χ0n) is 14.5. The van der Waals surface area contributed by atoms with Gasteiger partial charge in [0.2, 0.25) is 5.82 Å². The summed E-state index contributed by atoms with van der Waals surface area (Å²) in [6.45, 7) is 0.354. The summed E-state index contributed by atoms with van der Waals surface area (Å²) in [6.07, 6.45) is -4.70. The van der Waals surface area contributed by atoms with Crippen LogP contribution in [0.5, 0.6) is 5.75 Å². The summed E-state index contributed by atoms with van der Waals surface area (Å²) in [5, 5.41) is 6.39. The largest absolute Gasteiger partial charge is 0.492 e. The van der Waals surface area contributed by atoms with Crippen LogP contribution in [0.1, 0.15) is 16.2 Å². The van der Waals surface area contributed by atoms with E-state index in [1.165, 1.54) is 24.3 Å². The Bertz CT molecular complexity index is 1010. The SMILES string of the molecule is O=C(NCCOc1ccc(-c2noc(C(F)(F)F)n2)cc1)c1cccc(Cl)c1Cl. The minimum absolute atomic E-state index is 0.156. The van der Waals surface area contributed by atoms with Gasteiger partial charge in [-0.3, -0.25) is 4.79 Å². The molecule has 2 aromatic carbocycles. The highest BCUT2D eigenvalue weighted by atomic mass is 35.5. The van der Waals surface area contributed by atoms with E-state index in [1.54, 1.807) is 18.2 Å². The van der Waals surface area contributed by atoms with Crippen molar-refractivity contribution in [2.75, 3.05) is 13.2 Å². The second kappa shape index (κ2) is 8.71. The number of rotatable bonds is 6. The second-order valence-electron chi connectivity index (χ2n) is 5.65. The van der Waals surface area contributed by atoms with Crippen LogP contribution in [0.2, 0.25) is 10.0 Å². The van der Waals surface area contributed by atoms with E-state index in [9.17, 15) is 18.0 Å². The van der Waals surface area contributed by atoms with E-state index in [2.05, 4.69) is 20.0 Å². The van der Waals surface area contributed by atoms with Gasteiger partial charge in [-0.2, -0.15) is 18.2 Å². The van der Waals surface area contributed by atoms with Crippen LogP contribution in [-0.4, -0.2) is 29.2 Å². The quantitative estimate of drug-likeness (QED) is 0.547. The number of alkyl halides is 3. The number of nitrogens with zero attached hydrogens (tertiary/aromatic N) is 2. The molecule has 11 heteroatoms. The first-order valence-electron chi connectivity index (χ1n) is 8.12. The molecule has 0 saturated carbocycles. The highest BCUT2D eigenvalue weighted by Crippen LogP contribution is 2.29. The fourth-order valence-corrected chi connectivity index (χ4v) is 2.65. The van der Waals surface area contributed by atoms with E-state index in [-0.39, 0.29) is 34.6 Å². The van der Waals surface area contributed by atoms with Gasteiger partial charge in [-0.25, -0.2) is 0 Å². The molecule has 3 aromatic rings. The van der Waals surface area contributed by atoms with Crippen LogP contribution in [0, 0.1) is 0 Å². The molecule has 0 saturated heterocycles. The fourth-order valence-electron chi connectivity index (χ4n) is 2.26. The van der Waals surface area contributed by atoms with Gasteiger partial charge in [0.1, 0.15) is 12.4 Å². The van der Waals surface area contributed by atoms with Gasteiger partial charge < -0.3 is 14.6 Å². The summed E-state index contributed by atoms with van der Waals surface area (Å²) in [5.41, 5.74) is 0.586. The number of nitrogens with one attached hydrogen (secondary N) is 1. The van der Waals surface area contributed by atoms with Crippen LogP contribution in [0.3, 0.4) is 0 Å². The number of hydrogen-bond acceptors (Lipinski definition) is 5. The van der Waals surface area contributed by atoms with Gasteiger partial charge in [0.15, 0.2) is 0 Å². The lowest BCUT2D eigenvalue weighted by molar-refractivity contribution is -0.159. The van der Waals surface area contributed by atoms with Crippen molar-refractivity contribution in [3.05, 3.63) is 64.0 Å². The van der Waals surface area contributed by atoms with Crippen molar-refractivity contribution in [3.63, 3.8) is 0 Å². The van der Waals surface area contributed by atoms with E-state index in [0.29, 0.717) is 11.3 Å². The Morgan fingerprint density at radius 2 is 1.86 bits per heavy atom. The minimum Gasteiger partial charge on any atom is -0.492 e. The van der Waals surface area contributed by atoms with E-state index in [1.807, 2.05) is 0 Å². The van der Waals surface area contributed by atoms with Gasteiger partial charge in [0.25, 0.3) is 5.91 Å². The maximum absolute atomic E-state index is 12.5. The predicted molar refractivity (Wildman–Crippen MR) is 99.0 cm³/mol. The highest BCUT2D eigenvalue weighted by molar-refractivity contribution is 6.43. The highest BCUT2D eigenvalue weighted by Gasteiger charge is 2.38. The summed E-state index contributed by atoms with van der Waals surface area (Å²) in [6, 6.07) is 10.8. The summed E-state index contributed by atoms with van der Waals surface area (Å²) in [4.78, 5) is 15.4. The number of hydrogen-bond donors (Lipinski definition) is 1. The van der Waals surface area contributed by atoms with Crippen LogP contribution in [-0.2, 0) is 6.18 Å². The van der Waals surface area contributed by atoms with E-state index >= 15 is 0 Å². The van der Waals surface area contributed by atoms with Crippen molar-refractivity contribution < 1.29 is 27.2 Å². The van der Waals surface area contributed by atoms with Gasteiger partial charge in [-0.1, -0.05) is 34.4 Å². The third kappa shape index (κ3) is 5.18. The van der Waals surface area contributed by atoms with Gasteiger partial charge >= 0.3 is 12.1 Å². The van der Waals surface area contributed by atoms with Crippen LogP contribution in [0.15, 0.2) is 47.0 Å². The Hall–Kier alpha value is -2.78. The molecule has 1 aromatic heterocycles. The average molecular weight is 446 g/mol. The molecule has 1 amide bonds. The molecule has 152 valence electrons. The topological polar surface area (TPSA) is 77.2 Å². The molecule has 0 bridgehead atoms. The maximum Gasteiger partial charge on any atom is 0.471 e. The summed E-state index contributed by atoms with van der Waals surface area (Å²) >= 11 is 11.9. The Balaban J connectivity index is 1.51. The first-order valence-corrected chi connectivity index (χ1v) is 8.87. The van der Waals surface area contributed by atoms with Crippen LogP contribution in [0.25, 0.3) is 11.4 Å². The number of aromatic nitrogens is 2. The molecule has 0 aliphatic carbocycles. The maximum atomic E-state index is 12.5. The van der Waals surface area contributed by atoms with E-state index in [4.69, 9.17) is 27.9 Å². The van der Waals surface area contributed by atoms with Crippen molar-refractivity contribution in [2.24, 2.45) is 0 Å². The summed E-state index contributed by atoms with van der Waals surface area (Å²) in [5.74, 6) is -1.55. The number of halogens is 5. The molecule has 3 rings (SSSR count). The Kier molecular flexibility index (Phi) is 6.29. The fraction of sp³-hybridized carbons (Fsp3) is 0.167. The van der Waals surface area contributed by atoms with Crippen LogP contribution < -0.4 is 10.1 Å². The first-order chi connectivity index (χ1) is 13.8. The average Bonchev–Trinajstić information content (AvgIpc) is 3.18. The monoisotopic (exact) mass is 445 g/mol. The Morgan fingerprint density at radius 3 is 2.52 bits per heavy atom. The standard InChI is InChI=1S/C18H12Cl2F3N3O3/c19-13-3-1-2-12(14(13)20)16(27)24-8-9-28-11-6-4-10(5-7-11)15-25-17(29-26-15)18(21,22)23/h1-7H,8-9H2,(H,24,27). The van der Waals surface area contributed by atoms with Crippen LogP contribution >= 0.6 is 23.2 Å². The molecule has 0 radical (unpaired) electrons. The summed E-state index contributed by atoms with van der Waals surface area (Å²) < 4.78 is 47.2. The Morgan fingerprint density at radius 1 is 1.14 bits per heavy atom. The van der Waals surface area contributed by atoms with Crippen molar-refractivity contribution in [1.29, 1.82) is 0 Å². The molecule has 0 aliphatic heterocycles. The number of carbonyl (C=O) groups is 1. The molecule has 6 nitrogen and oxygen atoms in total. The molecule has 0 fully saturated rings. The number of carbonyl (C=O) groups excluding carboxylic acids is 1. The number of benzene rings is 2. The minimum atomic E-state index is -4.70.